The summed E-state index contributed by atoms with van der Waals surface area (Å²) >= 11 is 0. The Hall–Kier alpha value is -0.220. The van der Waals surface area contributed by atoms with Gasteiger partial charge in [0.1, 0.15) is 0 Å². The molecule has 0 aliphatic heterocycles. The SMILES string of the molecule is O=S(=O)(O)c1cccc(S(=O)(=O)O)c1.[Ag]. The maximum atomic E-state index is 10.6. The Morgan fingerprint density at radius 2 is 1.20 bits per heavy atom. The molecule has 0 bridgehead atoms. The molecule has 0 amide bonds. The van der Waals surface area contributed by atoms with Gasteiger partial charge in [0.05, 0.1) is 9.79 Å². The summed E-state index contributed by atoms with van der Waals surface area (Å²) in [5, 5.41) is 0. The minimum absolute atomic E-state index is 0. The second kappa shape index (κ2) is 4.74. The van der Waals surface area contributed by atoms with E-state index < -0.39 is 30.0 Å². The molecule has 89 valence electrons. The Kier molecular flexibility index (Phi) is 4.68. The van der Waals surface area contributed by atoms with E-state index in [9.17, 15) is 16.8 Å². The molecule has 15 heavy (non-hydrogen) atoms. The van der Waals surface area contributed by atoms with E-state index in [2.05, 4.69) is 0 Å². The molecule has 0 heterocycles. The molecule has 0 atom stereocenters. The summed E-state index contributed by atoms with van der Waals surface area (Å²) in [5.74, 6) is 0. The molecule has 2 N–H and O–H groups in total. The van der Waals surface area contributed by atoms with Crippen LogP contribution >= 0.6 is 0 Å². The molecule has 0 spiro atoms. The molecular weight excluding hydrogens is 340 g/mol. The van der Waals surface area contributed by atoms with Crippen molar-refractivity contribution < 1.29 is 48.3 Å². The molecule has 0 saturated heterocycles. The van der Waals surface area contributed by atoms with Crippen molar-refractivity contribution in [2.24, 2.45) is 0 Å². The van der Waals surface area contributed by atoms with Gasteiger partial charge in [0.15, 0.2) is 0 Å². The zero-order chi connectivity index (χ0) is 11.0. The van der Waals surface area contributed by atoms with Gasteiger partial charge in [-0.2, -0.15) is 16.8 Å². The molecule has 6 nitrogen and oxygen atoms in total. The molecule has 0 aliphatic rings. The first-order valence-electron chi connectivity index (χ1n) is 3.26. The molecule has 1 aromatic rings. The molecule has 9 heteroatoms. The van der Waals surface area contributed by atoms with Gasteiger partial charge in [-0.25, -0.2) is 0 Å². The van der Waals surface area contributed by atoms with Crippen molar-refractivity contribution in [1.29, 1.82) is 0 Å². The fraction of sp³-hybridized carbons (Fsp3) is 0. The maximum Gasteiger partial charge on any atom is 0.294 e. The first-order chi connectivity index (χ1) is 6.21. The van der Waals surface area contributed by atoms with Gasteiger partial charge in [0.2, 0.25) is 0 Å². The van der Waals surface area contributed by atoms with Crippen LogP contribution in [0.25, 0.3) is 0 Å². The van der Waals surface area contributed by atoms with Crippen molar-refractivity contribution in [3.63, 3.8) is 0 Å². The van der Waals surface area contributed by atoms with Gasteiger partial charge in [-0.05, 0) is 18.2 Å². The maximum absolute atomic E-state index is 10.6. The summed E-state index contributed by atoms with van der Waals surface area (Å²) in [6.07, 6.45) is 0. The van der Waals surface area contributed by atoms with Crippen LogP contribution in [0.3, 0.4) is 0 Å². The largest absolute Gasteiger partial charge is 0.294 e. The van der Waals surface area contributed by atoms with Crippen LogP contribution < -0.4 is 0 Å². The van der Waals surface area contributed by atoms with E-state index in [1.807, 2.05) is 0 Å². The van der Waals surface area contributed by atoms with Crippen molar-refractivity contribution in [2.45, 2.75) is 9.79 Å². The molecule has 0 unspecified atom stereocenters. The fourth-order valence-electron chi connectivity index (χ4n) is 0.795. The van der Waals surface area contributed by atoms with E-state index in [-0.39, 0.29) is 22.4 Å². The minimum atomic E-state index is -4.46. The van der Waals surface area contributed by atoms with Crippen LogP contribution in [0, 0.1) is 0 Å². The second-order valence-corrected chi connectivity index (χ2v) is 5.27. The van der Waals surface area contributed by atoms with E-state index >= 15 is 0 Å². The summed E-state index contributed by atoms with van der Waals surface area (Å²) in [6, 6.07) is 3.75. The number of benzene rings is 1. The number of hydrogen-bond acceptors (Lipinski definition) is 4. The topological polar surface area (TPSA) is 109 Å². The van der Waals surface area contributed by atoms with Crippen LogP contribution in [0.2, 0.25) is 0 Å². The van der Waals surface area contributed by atoms with Crippen LogP contribution in [0.5, 0.6) is 0 Å². The zero-order valence-corrected chi connectivity index (χ0v) is 10.1. The van der Waals surface area contributed by atoms with Gasteiger partial charge in [0.25, 0.3) is 20.2 Å². The van der Waals surface area contributed by atoms with Crippen LogP contribution in [-0.2, 0) is 42.6 Å². The third-order valence-corrected chi connectivity index (χ3v) is 3.10. The monoisotopic (exact) mass is 345 g/mol. The minimum Gasteiger partial charge on any atom is -0.282 e. The Labute approximate surface area is 102 Å². The Morgan fingerprint density at radius 3 is 1.47 bits per heavy atom. The summed E-state index contributed by atoms with van der Waals surface area (Å²) in [4.78, 5) is -1.18. The first kappa shape index (κ1) is 14.8. The van der Waals surface area contributed by atoms with Crippen molar-refractivity contribution in [2.75, 3.05) is 0 Å². The zero-order valence-electron chi connectivity index (χ0n) is 6.95. The summed E-state index contributed by atoms with van der Waals surface area (Å²) in [6.45, 7) is 0. The van der Waals surface area contributed by atoms with Crippen LogP contribution in [0.1, 0.15) is 0 Å². The van der Waals surface area contributed by atoms with Crippen LogP contribution in [-0.4, -0.2) is 25.9 Å². The van der Waals surface area contributed by atoms with Crippen molar-refractivity contribution in [1.82, 2.24) is 0 Å². The number of hydrogen-bond donors (Lipinski definition) is 2. The van der Waals surface area contributed by atoms with Gasteiger partial charge < -0.3 is 0 Å². The second-order valence-electron chi connectivity index (χ2n) is 2.42. The van der Waals surface area contributed by atoms with Gasteiger partial charge in [0, 0.05) is 22.4 Å². The standard InChI is InChI=1S/C6H6O6S2.Ag/c7-13(8,9)5-2-1-3-6(4-5)14(10,11)12;/h1-4H,(H,7,8,9)(H,10,11,12);. The summed E-state index contributed by atoms with van der Waals surface area (Å²) in [5.41, 5.74) is 0. The van der Waals surface area contributed by atoms with Crippen molar-refractivity contribution >= 4 is 20.2 Å². The Bertz CT molecular complexity index is 499. The quantitative estimate of drug-likeness (QED) is 0.584. The Balaban J connectivity index is 0.00000196. The van der Waals surface area contributed by atoms with Gasteiger partial charge >= 0.3 is 0 Å². The van der Waals surface area contributed by atoms with Gasteiger partial charge in [-0.1, -0.05) is 6.07 Å². The van der Waals surface area contributed by atoms with Crippen molar-refractivity contribution in [3.05, 3.63) is 24.3 Å². The third kappa shape index (κ3) is 4.03. The van der Waals surface area contributed by atoms with E-state index in [1.54, 1.807) is 0 Å². The van der Waals surface area contributed by atoms with E-state index in [1.165, 1.54) is 0 Å². The normalized spacial score (nSPS) is 11.9. The average molecular weight is 346 g/mol. The molecule has 1 aromatic carbocycles. The molecule has 0 saturated carbocycles. The number of rotatable bonds is 2. The van der Waals surface area contributed by atoms with E-state index in [0.29, 0.717) is 6.07 Å². The first-order valence-corrected chi connectivity index (χ1v) is 6.14. The molecular formula is C6H6AgO6S2. The van der Waals surface area contributed by atoms with E-state index in [0.717, 1.165) is 18.2 Å². The van der Waals surface area contributed by atoms with Crippen molar-refractivity contribution in [3.8, 4) is 0 Å². The predicted molar refractivity (Wildman–Crippen MR) is 46.1 cm³/mol. The molecule has 0 fully saturated rings. The molecule has 0 aliphatic carbocycles. The summed E-state index contributed by atoms with van der Waals surface area (Å²) in [7, 11) is -8.92. The van der Waals surface area contributed by atoms with E-state index in [4.69, 9.17) is 9.11 Å². The molecule has 1 radical (unpaired) electrons. The van der Waals surface area contributed by atoms with Crippen LogP contribution in [0.4, 0.5) is 0 Å². The molecule has 0 aromatic heterocycles. The molecule has 1 rings (SSSR count). The fourth-order valence-corrected chi connectivity index (χ4v) is 1.92. The average Bonchev–Trinajstić information content (AvgIpc) is 2.01. The summed E-state index contributed by atoms with van der Waals surface area (Å²) < 4.78 is 59.5. The van der Waals surface area contributed by atoms with Gasteiger partial charge in [-0.15, -0.1) is 0 Å². The smallest absolute Gasteiger partial charge is 0.282 e. The van der Waals surface area contributed by atoms with Crippen LogP contribution in [0.15, 0.2) is 34.1 Å². The van der Waals surface area contributed by atoms with Gasteiger partial charge in [-0.3, -0.25) is 9.11 Å². The Morgan fingerprint density at radius 1 is 0.867 bits per heavy atom. The predicted octanol–water partition coefficient (Wildman–Crippen LogP) is 0.178. The third-order valence-electron chi connectivity index (χ3n) is 1.40.